The number of aromatic nitrogens is 4. The van der Waals surface area contributed by atoms with Crippen LogP contribution < -0.4 is 4.90 Å². The first-order valence-electron chi connectivity index (χ1n) is 48.7. The van der Waals surface area contributed by atoms with Crippen molar-refractivity contribution in [3.8, 4) is 156 Å². The molecule has 0 N–H and O–H groups in total. The van der Waals surface area contributed by atoms with Gasteiger partial charge in [-0.25, -0.2) is 0 Å². The summed E-state index contributed by atoms with van der Waals surface area (Å²) in [5.74, 6) is 0. The standard InChI is InChI=1S/C56H37N3.2C40H25N/c1-5-16-38(17-6-1)39-30-32-43(33-31-39)57(41-20-9-3-10-21-41)44-34-36-45(37-35-44)59-51-29-14-25-47-46-24-13-27-49-52(46)54-48(55(53(47)51)56(59)40-18-7-2-8-19-40)26-15-28-50(54)58(49)42-22-11-4-12-23-42;1-2-11-26(12-3-1)30-16-4-5-17-31(30)28-14-8-15-29(25-28)41-36-22-10-21-35-33-19-7-6-18-32(33)34-20-9-13-27-23-24-37(41)40(38(27)34)39(35)36;1-2-10-26(11-3-1)30-13-4-5-14-31(30)27-20-23-29(24-21-27)41-36-19-9-18-35-33-16-7-6-15-32(33)34-17-8-12-28-22-25-37(41)40(38(28)34)39(35)36/h1-37H;2*1-25H. The Morgan fingerprint density at radius 1 is 0.128 bits per heavy atom. The molecule has 141 heavy (non-hydrogen) atoms. The molecule has 0 unspecified atom stereocenters. The van der Waals surface area contributed by atoms with E-state index in [2.05, 4.69) is 551 Å². The van der Waals surface area contributed by atoms with E-state index in [4.69, 9.17) is 0 Å². The zero-order valence-electron chi connectivity index (χ0n) is 77.0. The molecule has 0 saturated heterocycles. The smallest absolute Gasteiger partial charge is 0.0619 e. The van der Waals surface area contributed by atoms with Crippen molar-refractivity contribution in [2.75, 3.05) is 4.90 Å². The zero-order chi connectivity index (χ0) is 92.7. The third kappa shape index (κ3) is 12.9. The van der Waals surface area contributed by atoms with Crippen LogP contribution in [0.2, 0.25) is 0 Å². The van der Waals surface area contributed by atoms with E-state index in [9.17, 15) is 0 Å². The number of hydrogen-bond donors (Lipinski definition) is 0. The minimum Gasteiger partial charge on any atom is -0.311 e. The highest BCUT2D eigenvalue weighted by atomic mass is 15.1. The van der Waals surface area contributed by atoms with Crippen molar-refractivity contribution < 1.29 is 0 Å². The molecular formula is C136H87N5. The van der Waals surface area contributed by atoms with Gasteiger partial charge >= 0.3 is 0 Å². The van der Waals surface area contributed by atoms with Gasteiger partial charge in [-0.3, -0.25) is 0 Å². The average molecular weight is 1790 g/mol. The van der Waals surface area contributed by atoms with Gasteiger partial charge in [0.2, 0.25) is 0 Å². The molecule has 4 heterocycles. The molecule has 5 nitrogen and oxygen atoms in total. The van der Waals surface area contributed by atoms with Crippen molar-refractivity contribution in [2.45, 2.75) is 0 Å². The highest BCUT2D eigenvalue weighted by Gasteiger charge is 2.33. The van der Waals surface area contributed by atoms with Crippen molar-refractivity contribution in [1.29, 1.82) is 0 Å². The first-order chi connectivity index (χ1) is 70.0. The topological polar surface area (TPSA) is 23.0 Å². The first-order valence-corrected chi connectivity index (χ1v) is 48.7. The summed E-state index contributed by atoms with van der Waals surface area (Å²) in [5, 5.41) is 14.5. The van der Waals surface area contributed by atoms with Crippen LogP contribution in [-0.2, 0) is 0 Å². The Kier molecular flexibility index (Phi) is 19.0. The second-order valence-electron chi connectivity index (χ2n) is 37.1. The molecule has 27 aromatic rings. The molecule has 3 aliphatic rings. The Bertz CT molecular complexity index is 9660. The van der Waals surface area contributed by atoms with Crippen LogP contribution in [0.5, 0.6) is 0 Å². The summed E-state index contributed by atoms with van der Waals surface area (Å²) in [4.78, 5) is 2.34. The lowest BCUT2D eigenvalue weighted by molar-refractivity contribution is 1.13. The second-order valence-corrected chi connectivity index (χ2v) is 37.1. The molecule has 0 radical (unpaired) electrons. The maximum Gasteiger partial charge on any atom is 0.0619 e. The number of fused-ring (bicyclic) bond motifs is 8. The molecule has 0 atom stereocenters. The molecule has 0 spiro atoms. The Labute approximate surface area is 816 Å². The molecule has 3 aliphatic carbocycles. The summed E-state index contributed by atoms with van der Waals surface area (Å²) in [6.45, 7) is 0. The Balaban J connectivity index is 0.000000106. The van der Waals surface area contributed by atoms with E-state index in [0.717, 1.165) is 22.7 Å². The van der Waals surface area contributed by atoms with Crippen molar-refractivity contribution in [2.24, 2.45) is 0 Å². The molecule has 0 saturated carbocycles. The molecule has 0 fully saturated rings. The normalized spacial score (nSPS) is 11.8. The molecule has 0 bridgehead atoms. The Hall–Kier alpha value is -18.7. The molecule has 4 aromatic heterocycles. The number of rotatable bonds is 13. The van der Waals surface area contributed by atoms with Gasteiger partial charge in [-0.2, -0.15) is 0 Å². The van der Waals surface area contributed by atoms with Crippen molar-refractivity contribution in [1.82, 2.24) is 18.3 Å². The highest BCUT2D eigenvalue weighted by molar-refractivity contribution is 6.33. The molecule has 0 aliphatic heterocycles. The minimum absolute atomic E-state index is 1.09. The van der Waals surface area contributed by atoms with Crippen LogP contribution in [0.1, 0.15) is 0 Å². The minimum atomic E-state index is 1.09. The maximum atomic E-state index is 2.49. The van der Waals surface area contributed by atoms with Gasteiger partial charge in [0, 0.05) is 83.1 Å². The van der Waals surface area contributed by atoms with E-state index in [0.29, 0.717) is 0 Å². The summed E-state index contributed by atoms with van der Waals surface area (Å²) >= 11 is 0. The maximum absolute atomic E-state index is 2.49. The van der Waals surface area contributed by atoms with Gasteiger partial charge in [0.05, 0.1) is 44.3 Å². The van der Waals surface area contributed by atoms with Crippen LogP contribution in [-0.4, -0.2) is 18.3 Å². The highest BCUT2D eigenvalue weighted by Crippen LogP contribution is 2.57. The lowest BCUT2D eigenvalue weighted by Crippen LogP contribution is -2.10. The van der Waals surface area contributed by atoms with E-state index in [1.807, 2.05) is 0 Å². The third-order valence-corrected chi connectivity index (χ3v) is 29.5. The Morgan fingerprint density at radius 3 is 0.858 bits per heavy atom. The van der Waals surface area contributed by atoms with Crippen LogP contribution in [0, 0.1) is 0 Å². The third-order valence-electron chi connectivity index (χ3n) is 29.5. The lowest BCUT2D eigenvalue weighted by atomic mass is 9.93. The zero-order valence-corrected chi connectivity index (χ0v) is 77.0. The fraction of sp³-hybridized carbons (Fsp3) is 0. The molecule has 5 heteroatoms. The summed E-state index contributed by atoms with van der Waals surface area (Å²) in [7, 11) is 0. The van der Waals surface area contributed by atoms with Gasteiger partial charge in [-0.15, -0.1) is 0 Å². The molecule has 0 amide bonds. The van der Waals surface area contributed by atoms with Crippen LogP contribution in [0.15, 0.2) is 528 Å². The average Bonchev–Trinajstić information content (AvgIpc) is 1.55. The SMILES string of the molecule is c1ccc(-c2ccc(N(c3ccccc3)c3ccc(-n4c(-c5ccccc5)c5c6c(cccc64)-c4cccc6c4c4c-5cccc4n6-c4ccccc4)cc3)cc2)cc1.c1ccc(-c2ccccc2-c2ccc(-n3c4cccc5c4c4c6c(cccc6ccc43)-c3ccccc3-5)cc2)cc1.c1ccc(-c2ccccc2-c2cccc(-n3c4cccc5c4c4c6c(cccc6ccc43)-c3ccccc3-5)c2)cc1. The second kappa shape index (κ2) is 33.1. The number of benzene rings is 23. The summed E-state index contributed by atoms with van der Waals surface area (Å²) in [6, 6.07) is 192. The Morgan fingerprint density at radius 2 is 0.390 bits per heavy atom. The van der Waals surface area contributed by atoms with Crippen LogP contribution in [0.4, 0.5) is 17.1 Å². The first kappa shape index (κ1) is 80.7. The van der Waals surface area contributed by atoms with Crippen LogP contribution >= 0.6 is 0 Å². The van der Waals surface area contributed by atoms with Gasteiger partial charge in [0.15, 0.2) is 0 Å². The molecular weight excluding hydrogens is 1700 g/mol. The molecule has 30 rings (SSSR count). The van der Waals surface area contributed by atoms with Gasteiger partial charge in [-0.1, -0.05) is 400 Å². The number of para-hydroxylation sites is 2. The van der Waals surface area contributed by atoms with E-state index in [1.54, 1.807) is 0 Å². The van der Waals surface area contributed by atoms with E-state index >= 15 is 0 Å². The number of hydrogen-bond acceptors (Lipinski definition) is 1. The monoisotopic (exact) mass is 1790 g/mol. The summed E-state index contributed by atoms with van der Waals surface area (Å²) in [6.07, 6.45) is 0. The largest absolute Gasteiger partial charge is 0.311 e. The van der Waals surface area contributed by atoms with Crippen LogP contribution in [0.3, 0.4) is 0 Å². The number of nitrogens with zero attached hydrogens (tertiary/aromatic N) is 5. The predicted octanol–water partition coefficient (Wildman–Crippen LogP) is 37.0. The number of anilines is 3. The fourth-order valence-electron chi connectivity index (χ4n) is 23.6. The van der Waals surface area contributed by atoms with Crippen LogP contribution in [0.25, 0.3) is 254 Å². The van der Waals surface area contributed by atoms with Crippen molar-refractivity contribution in [3.63, 3.8) is 0 Å². The van der Waals surface area contributed by atoms with Crippen molar-refractivity contribution >= 4 is 115 Å². The summed E-state index contributed by atoms with van der Waals surface area (Å²) < 4.78 is 9.85. The quantitative estimate of drug-likeness (QED) is 0.113. The fourth-order valence-corrected chi connectivity index (χ4v) is 23.6. The predicted molar refractivity (Wildman–Crippen MR) is 595 cm³/mol. The summed E-state index contributed by atoms with van der Waals surface area (Å²) in [5.41, 5.74) is 46.7. The molecule has 656 valence electrons. The van der Waals surface area contributed by atoms with E-state index in [1.165, 1.54) is 249 Å². The lowest BCUT2D eigenvalue weighted by Gasteiger charge is -2.26. The van der Waals surface area contributed by atoms with Crippen molar-refractivity contribution in [3.05, 3.63) is 528 Å². The van der Waals surface area contributed by atoms with Gasteiger partial charge < -0.3 is 23.2 Å². The molecule has 23 aromatic carbocycles. The van der Waals surface area contributed by atoms with E-state index < -0.39 is 0 Å². The van der Waals surface area contributed by atoms with Gasteiger partial charge in [0.1, 0.15) is 0 Å². The van der Waals surface area contributed by atoms with Gasteiger partial charge in [-0.05, 0) is 271 Å². The van der Waals surface area contributed by atoms with Gasteiger partial charge in [0.25, 0.3) is 0 Å². The van der Waals surface area contributed by atoms with E-state index in [-0.39, 0.29) is 0 Å².